The van der Waals surface area contributed by atoms with Crippen LogP contribution in [0.25, 0.3) is 0 Å². The molecule has 0 saturated heterocycles. The van der Waals surface area contributed by atoms with Gasteiger partial charge in [0.2, 0.25) is 0 Å². The molecule has 0 bridgehead atoms. The van der Waals surface area contributed by atoms with Gasteiger partial charge in [-0.2, -0.15) is 0 Å². The lowest BCUT2D eigenvalue weighted by molar-refractivity contribution is 0.498. The van der Waals surface area contributed by atoms with Gasteiger partial charge in [0.15, 0.2) is 11.6 Å². The number of furan rings is 1. The van der Waals surface area contributed by atoms with Gasteiger partial charge < -0.3 is 4.42 Å². The average Bonchev–Trinajstić information content (AvgIpc) is 2.77. The first-order valence-corrected chi connectivity index (χ1v) is 5.55. The van der Waals surface area contributed by atoms with Crippen LogP contribution in [0.5, 0.6) is 0 Å². The summed E-state index contributed by atoms with van der Waals surface area (Å²) in [5.74, 6) is 4.54. The predicted octanol–water partition coefficient (Wildman–Crippen LogP) is 2.61. The quantitative estimate of drug-likeness (QED) is 0.649. The fourth-order valence-corrected chi connectivity index (χ4v) is 1.82. The minimum Gasteiger partial charge on any atom is -0.469 e. The van der Waals surface area contributed by atoms with Gasteiger partial charge in [-0.15, -0.1) is 0 Å². The predicted molar refractivity (Wildman–Crippen MR) is 63.6 cm³/mol. The largest absolute Gasteiger partial charge is 0.469 e. The van der Waals surface area contributed by atoms with Gasteiger partial charge >= 0.3 is 0 Å². The van der Waals surface area contributed by atoms with Crippen LogP contribution in [0.3, 0.4) is 0 Å². The van der Waals surface area contributed by atoms with Crippen molar-refractivity contribution in [3.8, 4) is 0 Å². The second-order valence-electron chi connectivity index (χ2n) is 4.16. The summed E-state index contributed by atoms with van der Waals surface area (Å²) in [4.78, 5) is 0. The highest BCUT2D eigenvalue weighted by molar-refractivity contribution is 5.23. The van der Waals surface area contributed by atoms with Gasteiger partial charge in [-0.1, -0.05) is 6.07 Å². The van der Waals surface area contributed by atoms with Crippen molar-refractivity contribution in [2.75, 3.05) is 0 Å². The molecule has 0 aliphatic carbocycles. The molecule has 0 radical (unpaired) electrons. The van der Waals surface area contributed by atoms with Crippen molar-refractivity contribution >= 4 is 0 Å². The standard InChI is InChI=1S/C13H14F2N2O/c1-8-4-10(7-18-8)13(17-16)6-9-2-3-11(14)12(15)5-9/h2-5,7,13,17H,6,16H2,1H3. The molecule has 0 spiro atoms. The van der Waals surface area contributed by atoms with E-state index in [0.29, 0.717) is 12.0 Å². The Hall–Kier alpha value is -1.72. The summed E-state index contributed by atoms with van der Waals surface area (Å²) in [5, 5.41) is 0. The second-order valence-corrected chi connectivity index (χ2v) is 4.16. The van der Waals surface area contributed by atoms with Crippen molar-refractivity contribution in [1.82, 2.24) is 5.43 Å². The van der Waals surface area contributed by atoms with E-state index in [1.807, 2.05) is 13.0 Å². The lowest BCUT2D eigenvalue weighted by Crippen LogP contribution is -2.29. The minimum atomic E-state index is -0.855. The number of halogens is 2. The maximum atomic E-state index is 13.1. The number of hydrazine groups is 1. The fourth-order valence-electron chi connectivity index (χ4n) is 1.82. The summed E-state index contributed by atoms with van der Waals surface area (Å²) in [6, 6.07) is 5.47. The first kappa shape index (κ1) is 12.7. The Labute approximate surface area is 104 Å². The van der Waals surface area contributed by atoms with E-state index in [0.717, 1.165) is 17.4 Å². The van der Waals surface area contributed by atoms with Gasteiger partial charge in [-0.3, -0.25) is 11.3 Å². The van der Waals surface area contributed by atoms with Crippen LogP contribution in [0, 0.1) is 18.6 Å². The smallest absolute Gasteiger partial charge is 0.159 e. The highest BCUT2D eigenvalue weighted by Gasteiger charge is 2.14. The summed E-state index contributed by atoms with van der Waals surface area (Å²) in [5.41, 5.74) is 4.18. The zero-order valence-electron chi connectivity index (χ0n) is 9.91. The molecule has 96 valence electrons. The number of hydrogen-bond acceptors (Lipinski definition) is 3. The number of hydrogen-bond donors (Lipinski definition) is 2. The lowest BCUT2D eigenvalue weighted by Gasteiger charge is -2.14. The zero-order valence-corrected chi connectivity index (χ0v) is 9.91. The molecule has 0 aliphatic heterocycles. The molecule has 5 heteroatoms. The molecular weight excluding hydrogens is 238 g/mol. The number of nitrogens with two attached hydrogens (primary N) is 1. The summed E-state index contributed by atoms with van der Waals surface area (Å²) >= 11 is 0. The van der Waals surface area contributed by atoms with E-state index in [4.69, 9.17) is 10.3 Å². The van der Waals surface area contributed by atoms with E-state index in [-0.39, 0.29) is 6.04 Å². The van der Waals surface area contributed by atoms with Gasteiger partial charge in [0, 0.05) is 5.56 Å². The molecule has 2 rings (SSSR count). The van der Waals surface area contributed by atoms with Crippen LogP contribution in [0.1, 0.15) is 22.9 Å². The van der Waals surface area contributed by atoms with Crippen LogP contribution < -0.4 is 11.3 Å². The van der Waals surface area contributed by atoms with Crippen LogP contribution >= 0.6 is 0 Å². The van der Waals surface area contributed by atoms with Crippen LogP contribution in [0.15, 0.2) is 34.9 Å². The molecule has 1 aromatic carbocycles. The Morgan fingerprint density at radius 2 is 2.06 bits per heavy atom. The Morgan fingerprint density at radius 3 is 2.61 bits per heavy atom. The highest BCUT2D eigenvalue weighted by Crippen LogP contribution is 2.21. The van der Waals surface area contributed by atoms with E-state index in [2.05, 4.69) is 5.43 Å². The number of rotatable bonds is 4. The van der Waals surface area contributed by atoms with Gasteiger partial charge in [0.25, 0.3) is 0 Å². The van der Waals surface area contributed by atoms with Crippen molar-refractivity contribution in [1.29, 1.82) is 0 Å². The maximum Gasteiger partial charge on any atom is 0.159 e. The Balaban J connectivity index is 2.17. The summed E-state index contributed by atoms with van der Waals surface area (Å²) < 4.78 is 31.1. The molecule has 0 saturated carbocycles. The molecule has 1 atom stereocenters. The van der Waals surface area contributed by atoms with Crippen molar-refractivity contribution in [3.05, 3.63) is 59.1 Å². The van der Waals surface area contributed by atoms with Crippen molar-refractivity contribution in [2.45, 2.75) is 19.4 Å². The number of nitrogens with one attached hydrogen (secondary N) is 1. The maximum absolute atomic E-state index is 13.1. The Bertz CT molecular complexity index is 540. The van der Waals surface area contributed by atoms with E-state index in [1.54, 1.807) is 6.26 Å². The average molecular weight is 252 g/mol. The normalized spacial score (nSPS) is 12.7. The Morgan fingerprint density at radius 1 is 1.28 bits per heavy atom. The third-order valence-electron chi connectivity index (χ3n) is 2.78. The molecule has 1 unspecified atom stereocenters. The number of benzene rings is 1. The molecule has 3 nitrogen and oxygen atoms in total. The molecule has 0 fully saturated rings. The first-order chi connectivity index (χ1) is 8.60. The van der Waals surface area contributed by atoms with Crippen LogP contribution in [0.4, 0.5) is 8.78 Å². The van der Waals surface area contributed by atoms with Crippen molar-refractivity contribution in [3.63, 3.8) is 0 Å². The van der Waals surface area contributed by atoms with Gasteiger partial charge in [-0.05, 0) is 37.1 Å². The molecule has 0 aliphatic rings. The monoisotopic (exact) mass is 252 g/mol. The van der Waals surface area contributed by atoms with E-state index >= 15 is 0 Å². The first-order valence-electron chi connectivity index (χ1n) is 5.55. The summed E-state index contributed by atoms with van der Waals surface area (Å²) in [6.45, 7) is 1.83. The molecule has 2 aromatic rings. The third kappa shape index (κ3) is 2.75. The molecule has 3 N–H and O–H groups in total. The SMILES string of the molecule is Cc1cc(C(Cc2ccc(F)c(F)c2)NN)co1. The van der Waals surface area contributed by atoms with Crippen LogP contribution in [-0.2, 0) is 6.42 Å². The van der Waals surface area contributed by atoms with Crippen molar-refractivity contribution in [2.24, 2.45) is 5.84 Å². The van der Waals surface area contributed by atoms with E-state index < -0.39 is 11.6 Å². The van der Waals surface area contributed by atoms with Crippen LogP contribution in [-0.4, -0.2) is 0 Å². The van der Waals surface area contributed by atoms with Crippen LogP contribution in [0.2, 0.25) is 0 Å². The number of aryl methyl sites for hydroxylation is 1. The summed E-state index contributed by atoms with van der Waals surface area (Å²) in [7, 11) is 0. The van der Waals surface area contributed by atoms with Gasteiger partial charge in [-0.25, -0.2) is 8.78 Å². The third-order valence-corrected chi connectivity index (χ3v) is 2.78. The van der Waals surface area contributed by atoms with Gasteiger partial charge in [0.1, 0.15) is 5.76 Å². The topological polar surface area (TPSA) is 51.2 Å². The van der Waals surface area contributed by atoms with E-state index in [1.165, 1.54) is 12.1 Å². The van der Waals surface area contributed by atoms with E-state index in [9.17, 15) is 8.78 Å². The lowest BCUT2D eigenvalue weighted by atomic mass is 10.0. The minimum absolute atomic E-state index is 0.202. The molecule has 0 amide bonds. The van der Waals surface area contributed by atoms with Crippen molar-refractivity contribution < 1.29 is 13.2 Å². The molecule has 1 heterocycles. The highest BCUT2D eigenvalue weighted by atomic mass is 19.2. The molecule has 1 aromatic heterocycles. The Kier molecular flexibility index (Phi) is 3.74. The molecular formula is C13H14F2N2O. The molecule has 18 heavy (non-hydrogen) atoms. The van der Waals surface area contributed by atoms with Gasteiger partial charge in [0.05, 0.1) is 12.3 Å². The fraction of sp³-hybridized carbons (Fsp3) is 0.231. The summed E-state index contributed by atoms with van der Waals surface area (Å²) in [6.07, 6.45) is 2.05. The second kappa shape index (κ2) is 5.29. The zero-order chi connectivity index (χ0) is 13.1.